The lowest BCUT2D eigenvalue weighted by Crippen LogP contribution is -1.41. The number of hydrogen-bond acceptors (Lipinski definition) is 2. The van der Waals surface area contributed by atoms with E-state index in [1.807, 2.05) is 0 Å². The standard InChI is InChI=1S/C2H4O2P/c1-2-4-5-3/h2,5H,1H2/q+1. The van der Waals surface area contributed by atoms with Crippen LogP contribution in [0.4, 0.5) is 0 Å². The summed E-state index contributed by atoms with van der Waals surface area (Å²) in [6.45, 7) is 3.14. The van der Waals surface area contributed by atoms with Crippen molar-refractivity contribution < 1.29 is 9.09 Å². The fourth-order valence-electron chi connectivity index (χ4n) is 0.0340. The van der Waals surface area contributed by atoms with Crippen LogP contribution in [0.3, 0.4) is 0 Å². The molecule has 3 heteroatoms. The van der Waals surface area contributed by atoms with E-state index < -0.39 is 8.69 Å². The van der Waals surface area contributed by atoms with Crippen LogP contribution < -0.4 is 0 Å². The van der Waals surface area contributed by atoms with Gasteiger partial charge in [-0.15, -0.1) is 0 Å². The maximum absolute atomic E-state index is 9.26. The van der Waals surface area contributed by atoms with Gasteiger partial charge in [-0.05, 0) is 4.57 Å². The molecule has 0 aromatic carbocycles. The third-order valence-corrected chi connectivity index (χ3v) is 0.394. The molecule has 0 fully saturated rings. The van der Waals surface area contributed by atoms with E-state index in [9.17, 15) is 4.57 Å². The molecule has 0 aromatic rings. The lowest BCUT2D eigenvalue weighted by molar-refractivity contribution is 0.485. The number of hydrogen-bond donors (Lipinski definition) is 0. The van der Waals surface area contributed by atoms with Gasteiger partial charge >= 0.3 is 8.69 Å². The van der Waals surface area contributed by atoms with Gasteiger partial charge in [-0.2, -0.15) is 0 Å². The van der Waals surface area contributed by atoms with Gasteiger partial charge < -0.3 is 0 Å². The Morgan fingerprint density at radius 2 is 2.60 bits per heavy atom. The van der Waals surface area contributed by atoms with Crippen molar-refractivity contribution in [3.63, 3.8) is 0 Å². The van der Waals surface area contributed by atoms with Gasteiger partial charge in [0.25, 0.3) is 0 Å². The van der Waals surface area contributed by atoms with Gasteiger partial charge in [0.05, 0.1) is 0 Å². The molecule has 0 bridgehead atoms. The molecule has 0 aliphatic carbocycles. The van der Waals surface area contributed by atoms with E-state index in [2.05, 4.69) is 11.1 Å². The molecule has 1 unspecified atom stereocenters. The first-order chi connectivity index (χ1) is 2.41. The van der Waals surface area contributed by atoms with Crippen LogP contribution in [0.5, 0.6) is 0 Å². The average Bonchev–Trinajstić information content (AvgIpc) is 1.41. The largest absolute Gasteiger partial charge is 0.541 e. The monoisotopic (exact) mass is 91.0 g/mol. The fraction of sp³-hybridized carbons (Fsp3) is 0. The van der Waals surface area contributed by atoms with E-state index in [1.54, 1.807) is 0 Å². The van der Waals surface area contributed by atoms with Crippen molar-refractivity contribution in [3.05, 3.63) is 12.8 Å². The van der Waals surface area contributed by atoms with Crippen LogP contribution in [0.1, 0.15) is 0 Å². The lowest BCUT2D eigenvalue weighted by atomic mass is 11.2. The molecule has 0 aliphatic rings. The molecule has 0 amide bonds. The minimum Gasteiger partial charge on any atom is -0.265 e. The molecular formula is C2H4O2P+. The van der Waals surface area contributed by atoms with Crippen LogP contribution in [0.15, 0.2) is 12.8 Å². The summed E-state index contributed by atoms with van der Waals surface area (Å²) >= 11 is 0. The van der Waals surface area contributed by atoms with E-state index in [0.29, 0.717) is 0 Å². The van der Waals surface area contributed by atoms with Gasteiger partial charge in [-0.3, -0.25) is 4.52 Å². The Morgan fingerprint density at radius 3 is 2.60 bits per heavy atom. The van der Waals surface area contributed by atoms with Crippen molar-refractivity contribution in [1.29, 1.82) is 0 Å². The maximum Gasteiger partial charge on any atom is 0.541 e. The van der Waals surface area contributed by atoms with Crippen LogP contribution in [-0.4, -0.2) is 0 Å². The highest BCUT2D eigenvalue weighted by Crippen LogP contribution is 1.90. The normalized spacial score (nSPS) is 7.20. The van der Waals surface area contributed by atoms with Crippen molar-refractivity contribution in [2.24, 2.45) is 0 Å². The van der Waals surface area contributed by atoms with Gasteiger partial charge in [0.15, 0.2) is 0 Å². The Morgan fingerprint density at radius 1 is 2.00 bits per heavy atom. The summed E-state index contributed by atoms with van der Waals surface area (Å²) in [6, 6.07) is 0. The molecule has 0 rings (SSSR count). The van der Waals surface area contributed by atoms with E-state index in [0.717, 1.165) is 6.26 Å². The topological polar surface area (TPSA) is 26.3 Å². The summed E-state index contributed by atoms with van der Waals surface area (Å²) in [5, 5.41) is 0. The van der Waals surface area contributed by atoms with Crippen molar-refractivity contribution in [1.82, 2.24) is 0 Å². The smallest absolute Gasteiger partial charge is 0.265 e. The SMILES string of the molecule is C=CO[PH+]=O. The zero-order valence-electron chi connectivity index (χ0n) is 2.60. The average molecular weight is 91.0 g/mol. The highest BCUT2D eigenvalue weighted by molar-refractivity contribution is 7.17. The lowest BCUT2D eigenvalue weighted by Gasteiger charge is -1.56. The van der Waals surface area contributed by atoms with Crippen molar-refractivity contribution in [3.8, 4) is 0 Å². The Kier molecular flexibility index (Phi) is 3.38. The Hall–Kier alpha value is -0.360. The molecule has 1 atom stereocenters. The zero-order chi connectivity index (χ0) is 4.12. The summed E-state index contributed by atoms with van der Waals surface area (Å²) in [5.41, 5.74) is 0. The van der Waals surface area contributed by atoms with E-state index in [-0.39, 0.29) is 0 Å². The highest BCUT2D eigenvalue weighted by atomic mass is 31.1. The third-order valence-electron chi connectivity index (χ3n) is 0.131. The molecule has 0 saturated heterocycles. The zero-order valence-corrected chi connectivity index (χ0v) is 3.60. The molecule has 0 N–H and O–H groups in total. The van der Waals surface area contributed by atoms with Crippen LogP contribution in [-0.2, 0) is 9.09 Å². The van der Waals surface area contributed by atoms with Crippen molar-refractivity contribution in [2.75, 3.05) is 0 Å². The maximum atomic E-state index is 9.26. The van der Waals surface area contributed by atoms with Gasteiger partial charge in [0, 0.05) is 0 Å². The van der Waals surface area contributed by atoms with E-state index in [1.165, 1.54) is 0 Å². The first-order valence-electron chi connectivity index (χ1n) is 1.05. The molecule has 2 nitrogen and oxygen atoms in total. The minimum atomic E-state index is -0.710. The van der Waals surface area contributed by atoms with Crippen molar-refractivity contribution >= 4 is 8.69 Å². The molecular weight excluding hydrogens is 87.0 g/mol. The molecule has 28 valence electrons. The molecule has 0 aliphatic heterocycles. The third kappa shape index (κ3) is 3.64. The van der Waals surface area contributed by atoms with E-state index in [4.69, 9.17) is 0 Å². The second-order valence-electron chi connectivity index (χ2n) is 0.368. The van der Waals surface area contributed by atoms with Gasteiger partial charge in [-0.25, -0.2) is 0 Å². The summed E-state index contributed by atoms with van der Waals surface area (Å²) in [4.78, 5) is 0. The predicted molar refractivity (Wildman–Crippen MR) is 20.3 cm³/mol. The summed E-state index contributed by atoms with van der Waals surface area (Å²) < 4.78 is 13.3. The summed E-state index contributed by atoms with van der Waals surface area (Å²) in [7, 11) is -0.710. The Bertz CT molecular complexity index is 36.9. The van der Waals surface area contributed by atoms with Gasteiger partial charge in [-0.1, -0.05) is 6.58 Å². The Labute approximate surface area is 31.7 Å². The van der Waals surface area contributed by atoms with Crippen LogP contribution in [0.2, 0.25) is 0 Å². The quantitative estimate of drug-likeness (QED) is 0.375. The first kappa shape index (κ1) is 4.64. The van der Waals surface area contributed by atoms with E-state index >= 15 is 0 Å². The predicted octanol–water partition coefficient (Wildman–Crippen LogP) is 1.09. The van der Waals surface area contributed by atoms with Crippen LogP contribution in [0.25, 0.3) is 0 Å². The van der Waals surface area contributed by atoms with Crippen molar-refractivity contribution in [2.45, 2.75) is 0 Å². The summed E-state index contributed by atoms with van der Waals surface area (Å²) in [5.74, 6) is 0. The van der Waals surface area contributed by atoms with Gasteiger partial charge in [0.1, 0.15) is 6.26 Å². The molecule has 0 saturated carbocycles. The number of rotatable bonds is 2. The van der Waals surface area contributed by atoms with Gasteiger partial charge in [0.2, 0.25) is 0 Å². The van der Waals surface area contributed by atoms with Crippen LogP contribution in [0, 0.1) is 0 Å². The fourth-order valence-corrected chi connectivity index (χ4v) is 0.102. The summed E-state index contributed by atoms with van der Waals surface area (Å²) in [6.07, 6.45) is 1.13. The van der Waals surface area contributed by atoms with Crippen LogP contribution >= 0.6 is 8.69 Å². The molecule has 0 radical (unpaired) electrons. The Balaban J connectivity index is 2.65. The molecule has 0 spiro atoms. The highest BCUT2D eigenvalue weighted by Gasteiger charge is 1.69. The second kappa shape index (κ2) is 3.64. The minimum absolute atomic E-state index is 0.710. The second-order valence-corrected chi connectivity index (χ2v) is 0.770. The molecule has 0 heterocycles. The first-order valence-corrected chi connectivity index (χ1v) is 1.87. The molecule has 5 heavy (non-hydrogen) atoms. The molecule has 0 aromatic heterocycles.